The topological polar surface area (TPSA) is 112 Å². The van der Waals surface area contributed by atoms with E-state index >= 15 is 0 Å². The van der Waals surface area contributed by atoms with Gasteiger partial charge >= 0.3 is 23.9 Å². The zero-order valence-electron chi connectivity index (χ0n) is 53.0. The first-order valence-electron chi connectivity index (χ1n) is 34.2. The van der Waals surface area contributed by atoms with Gasteiger partial charge in [0.1, 0.15) is 11.5 Å². The number of esters is 4. The molecule has 2 heterocycles. The highest BCUT2D eigenvalue weighted by atomic mass is 33.1. The van der Waals surface area contributed by atoms with Gasteiger partial charge in [-0.3, -0.25) is 19.2 Å². The number of hydrogen-bond acceptors (Lipinski definition) is 12. The summed E-state index contributed by atoms with van der Waals surface area (Å²) in [7, 11) is 3.92. The van der Waals surface area contributed by atoms with Crippen LogP contribution in [0.4, 0.5) is 0 Å². The minimum absolute atomic E-state index is 0.194. The maximum Gasteiger partial charge on any atom is 0.311 e. The maximum absolute atomic E-state index is 12.7. The Bertz CT molecular complexity index is 1870. The Balaban J connectivity index is 0.885. The minimum Gasteiger partial charge on any atom is -0.465 e. The summed E-state index contributed by atoms with van der Waals surface area (Å²) in [6.45, 7) is 11.8. The lowest BCUT2D eigenvalue weighted by molar-refractivity contribution is -0.145. The zero-order valence-corrected chi connectivity index (χ0v) is 54.6. The average molecular weight is 1200 g/mol. The number of ether oxygens (including phenoxy) is 4. The lowest BCUT2D eigenvalue weighted by Crippen LogP contribution is -2.37. The van der Waals surface area contributed by atoms with Gasteiger partial charge in [0.05, 0.1) is 26.1 Å². The van der Waals surface area contributed by atoms with Crippen LogP contribution in [-0.4, -0.2) is 97.7 Å². The molecule has 4 rings (SSSR count). The fourth-order valence-corrected chi connectivity index (χ4v) is 13.2. The van der Waals surface area contributed by atoms with Crippen molar-refractivity contribution < 1.29 is 38.1 Å². The monoisotopic (exact) mass is 1200 g/mol. The Morgan fingerprint density at radius 1 is 0.405 bits per heavy atom. The van der Waals surface area contributed by atoms with Crippen molar-refractivity contribution in [2.45, 2.75) is 258 Å². The molecule has 0 amide bonds. The Morgan fingerprint density at radius 3 is 1.02 bits per heavy atom. The van der Waals surface area contributed by atoms with Crippen molar-refractivity contribution in [3.8, 4) is 11.5 Å². The van der Waals surface area contributed by atoms with Gasteiger partial charge in [-0.2, -0.15) is 0 Å². The fraction of sp³-hybridized carbons (Fsp3) is 0.722. The Labute approximate surface area is 519 Å². The molecule has 0 bridgehead atoms. The van der Waals surface area contributed by atoms with Gasteiger partial charge in [0.25, 0.3) is 0 Å². The van der Waals surface area contributed by atoms with E-state index in [9.17, 15) is 19.2 Å². The lowest BCUT2D eigenvalue weighted by atomic mass is 9.98. The van der Waals surface area contributed by atoms with Crippen LogP contribution < -0.4 is 9.47 Å². The first-order valence-corrected chi connectivity index (χ1v) is 36.7. The van der Waals surface area contributed by atoms with Gasteiger partial charge in [-0.25, -0.2) is 0 Å². The molecule has 2 aliphatic heterocycles. The van der Waals surface area contributed by atoms with E-state index in [1.54, 1.807) is 24.3 Å². The van der Waals surface area contributed by atoms with Crippen LogP contribution in [0.25, 0.3) is 0 Å². The van der Waals surface area contributed by atoms with E-state index in [2.05, 4.69) is 48.0 Å². The van der Waals surface area contributed by atoms with E-state index in [0.29, 0.717) is 49.4 Å². The number of piperidine rings is 2. The van der Waals surface area contributed by atoms with Crippen molar-refractivity contribution in [3.05, 3.63) is 84.0 Å². The number of nitrogens with zero attached hydrogens (tertiary/aromatic N) is 2. The number of unbranched alkanes of at least 4 members (excludes halogenated alkanes) is 26. The Hall–Kier alpha value is -3.58. The Morgan fingerprint density at radius 2 is 0.702 bits per heavy atom. The van der Waals surface area contributed by atoms with E-state index in [4.69, 9.17) is 18.9 Å². The third-order valence-corrected chi connectivity index (χ3v) is 19.1. The van der Waals surface area contributed by atoms with Crippen LogP contribution in [0.5, 0.6) is 11.5 Å². The Kier molecular flexibility index (Phi) is 43.8. The van der Waals surface area contributed by atoms with Crippen molar-refractivity contribution in [2.24, 2.45) is 11.8 Å². The highest BCUT2D eigenvalue weighted by molar-refractivity contribution is 8.76. The molecule has 2 aromatic rings. The molecule has 0 saturated carbocycles. The fourth-order valence-electron chi connectivity index (χ4n) is 11.2. The summed E-state index contributed by atoms with van der Waals surface area (Å²) in [6, 6.07) is 14.5. The van der Waals surface area contributed by atoms with E-state index in [1.165, 1.54) is 167 Å². The van der Waals surface area contributed by atoms with E-state index in [0.717, 1.165) is 113 Å². The summed E-state index contributed by atoms with van der Waals surface area (Å²) in [5.41, 5.74) is 1.72. The molecule has 0 atom stereocenters. The molecule has 474 valence electrons. The lowest BCUT2D eigenvalue weighted by Gasteiger charge is -2.32. The second-order valence-electron chi connectivity index (χ2n) is 24.3. The van der Waals surface area contributed by atoms with Crippen molar-refractivity contribution in [2.75, 3.05) is 64.0 Å². The maximum atomic E-state index is 12.7. The van der Waals surface area contributed by atoms with Gasteiger partial charge in [-0.05, 0) is 163 Å². The van der Waals surface area contributed by atoms with Gasteiger partial charge in [0.15, 0.2) is 0 Å². The van der Waals surface area contributed by atoms with E-state index in [-0.39, 0.29) is 36.7 Å². The molecule has 2 saturated heterocycles. The molecule has 2 fully saturated rings. The van der Waals surface area contributed by atoms with Gasteiger partial charge in [-0.15, -0.1) is 0 Å². The van der Waals surface area contributed by atoms with Crippen molar-refractivity contribution in [1.82, 2.24) is 9.80 Å². The zero-order chi connectivity index (χ0) is 59.6. The first-order chi connectivity index (χ1) is 41.3. The second kappa shape index (κ2) is 50.4. The number of carbonyl (C=O) groups excluding carboxylic acids is 4. The standard InChI is InChI=1S/C72H116N2O8S2/c1-3-5-7-9-11-13-15-17-19-21-23-25-27-29-31-33-35-37-69(75)81-67-43-39-63(40-44-67)59-71(77)79-61-65-47-51-73(52-48-65)55-57-83-84-58-56-74-53-49-66(50-54-74)62-80-72(78)60-64-41-45-68(46-42-64)82-70(76)38-36-34-32-30-28-26-24-22-20-18-16-14-12-10-8-6-4-2/h17-20,39-46,65-66H,3-16,21-38,47-62H2,1-2H3/b19-17-,20-18-. The van der Waals surface area contributed by atoms with Crippen LogP contribution >= 0.6 is 21.6 Å². The van der Waals surface area contributed by atoms with Crippen molar-refractivity contribution in [3.63, 3.8) is 0 Å². The number of carbonyl (C=O) groups is 4. The highest BCUT2D eigenvalue weighted by Crippen LogP contribution is 2.26. The normalized spacial score (nSPS) is 14.6. The molecular weight excluding hydrogens is 1080 g/mol. The molecular formula is C72H116N2O8S2. The predicted octanol–water partition coefficient (Wildman–Crippen LogP) is 18.8. The van der Waals surface area contributed by atoms with Gasteiger partial charge < -0.3 is 28.7 Å². The molecule has 0 radical (unpaired) electrons. The number of likely N-dealkylation sites (tertiary alicyclic amines) is 2. The molecule has 0 unspecified atom stereocenters. The van der Waals surface area contributed by atoms with Gasteiger partial charge in [0, 0.05) is 37.4 Å². The number of benzene rings is 2. The summed E-state index contributed by atoms with van der Waals surface area (Å²) in [4.78, 5) is 55.4. The summed E-state index contributed by atoms with van der Waals surface area (Å²) < 4.78 is 22.6. The van der Waals surface area contributed by atoms with Crippen LogP contribution in [0, 0.1) is 11.8 Å². The molecule has 0 spiro atoms. The molecule has 10 nitrogen and oxygen atoms in total. The number of rotatable bonds is 51. The number of allylic oxidation sites excluding steroid dienone is 4. The molecule has 0 aromatic heterocycles. The van der Waals surface area contributed by atoms with Crippen LogP contribution in [0.2, 0.25) is 0 Å². The van der Waals surface area contributed by atoms with Crippen LogP contribution in [0.15, 0.2) is 72.8 Å². The predicted molar refractivity (Wildman–Crippen MR) is 354 cm³/mol. The van der Waals surface area contributed by atoms with Crippen molar-refractivity contribution in [1.29, 1.82) is 0 Å². The first kappa shape index (κ1) is 72.9. The van der Waals surface area contributed by atoms with Crippen LogP contribution in [0.3, 0.4) is 0 Å². The van der Waals surface area contributed by atoms with E-state index < -0.39 is 0 Å². The molecule has 0 N–H and O–H groups in total. The minimum atomic E-state index is -0.211. The van der Waals surface area contributed by atoms with Gasteiger partial charge in [-0.1, -0.05) is 212 Å². The third-order valence-electron chi connectivity index (χ3n) is 16.7. The smallest absolute Gasteiger partial charge is 0.311 e. The SMILES string of the molecule is CCCCCCCC/C=C\CCCCCCCCCC(=O)Oc1ccc(CC(=O)OCC2CCN(CCSSCCN3CCC(COC(=O)Cc4ccc(OC(=O)CCCCCCCCC/C=C\CCCCCCCC)cc4)CC3)CC2)cc1. The quantitative estimate of drug-likeness (QED) is 0.0207. The molecule has 84 heavy (non-hydrogen) atoms. The largest absolute Gasteiger partial charge is 0.465 e. The van der Waals surface area contributed by atoms with Crippen molar-refractivity contribution >= 4 is 45.5 Å². The summed E-state index contributed by atoms with van der Waals surface area (Å²) >= 11 is 0. The summed E-state index contributed by atoms with van der Waals surface area (Å²) in [5, 5.41) is 0. The van der Waals surface area contributed by atoms with E-state index in [1.807, 2.05) is 45.9 Å². The molecule has 12 heteroatoms. The second-order valence-corrected chi connectivity index (χ2v) is 27.0. The average Bonchev–Trinajstić information content (AvgIpc) is 3.61. The molecule has 2 aromatic carbocycles. The van der Waals surface area contributed by atoms with Crippen LogP contribution in [-0.2, 0) is 41.5 Å². The van der Waals surface area contributed by atoms with Crippen LogP contribution in [0.1, 0.15) is 256 Å². The number of hydrogen-bond donors (Lipinski definition) is 0. The van der Waals surface area contributed by atoms with Gasteiger partial charge in [0.2, 0.25) is 0 Å². The molecule has 0 aliphatic carbocycles. The highest BCUT2D eigenvalue weighted by Gasteiger charge is 2.22. The summed E-state index contributed by atoms with van der Waals surface area (Å²) in [6.07, 6.45) is 52.5. The molecule has 2 aliphatic rings. The third kappa shape index (κ3) is 39.3. The summed E-state index contributed by atoms with van der Waals surface area (Å²) in [5.74, 6) is 3.24.